The highest BCUT2D eigenvalue weighted by molar-refractivity contribution is 6.02. The van der Waals surface area contributed by atoms with Crippen molar-refractivity contribution in [3.8, 4) is 22.6 Å². The molecule has 1 aliphatic heterocycles. The van der Waals surface area contributed by atoms with Gasteiger partial charge in [-0.25, -0.2) is 13.9 Å². The number of aromatic amines is 1. The number of H-pyrrole nitrogens is 1. The monoisotopic (exact) mass is 491 g/mol. The van der Waals surface area contributed by atoms with Crippen LogP contribution in [0.15, 0.2) is 65.6 Å². The van der Waals surface area contributed by atoms with Gasteiger partial charge in [0.2, 0.25) is 0 Å². The van der Waals surface area contributed by atoms with Crippen LogP contribution in [0.2, 0.25) is 0 Å². The van der Waals surface area contributed by atoms with Crippen LogP contribution in [0, 0.1) is 11.6 Å². The van der Waals surface area contributed by atoms with Crippen LogP contribution < -0.4 is 16.0 Å². The minimum absolute atomic E-state index is 0.106. The first-order chi connectivity index (χ1) is 17.5. The number of piperidine rings is 1. The predicted octanol–water partition coefficient (Wildman–Crippen LogP) is 5.26. The highest BCUT2D eigenvalue weighted by Gasteiger charge is 2.26. The number of hydrogen-bond acceptors (Lipinski definition) is 5. The largest absolute Gasteiger partial charge is 0.451 e. The number of nitrogens with one attached hydrogen (secondary N) is 1. The first-order valence-electron chi connectivity index (χ1n) is 11.9. The zero-order valence-electron chi connectivity index (χ0n) is 19.9. The van der Waals surface area contributed by atoms with Crippen molar-refractivity contribution < 1.29 is 13.5 Å². The van der Waals surface area contributed by atoms with E-state index in [0.29, 0.717) is 10.9 Å². The molecular formula is C27H27F2N5O2. The second-order valence-corrected chi connectivity index (χ2v) is 8.91. The second-order valence-electron chi connectivity index (χ2n) is 8.91. The molecule has 0 aliphatic carbocycles. The summed E-state index contributed by atoms with van der Waals surface area (Å²) in [5, 5.41) is 7.09. The van der Waals surface area contributed by atoms with E-state index in [2.05, 4.69) is 21.2 Å². The zero-order chi connectivity index (χ0) is 25.2. The van der Waals surface area contributed by atoms with Crippen molar-refractivity contribution in [3.05, 3.63) is 82.8 Å². The molecule has 0 amide bonds. The SMILES string of the molecule is C/C=C/CN1CCC[C@@H](n2cc(-c3ccc(Oc4c(F)cccc4F)cc3)c3c(N)n[nH]c(=O)c32)C1. The molecule has 186 valence electrons. The van der Waals surface area contributed by atoms with Crippen molar-refractivity contribution in [2.75, 3.05) is 25.4 Å². The summed E-state index contributed by atoms with van der Waals surface area (Å²) in [5.74, 6) is -1.51. The third-order valence-electron chi connectivity index (χ3n) is 6.56. The van der Waals surface area contributed by atoms with Gasteiger partial charge >= 0.3 is 0 Å². The van der Waals surface area contributed by atoms with Gasteiger partial charge in [0.15, 0.2) is 23.2 Å². The lowest BCUT2D eigenvalue weighted by Crippen LogP contribution is -2.37. The van der Waals surface area contributed by atoms with Crippen LogP contribution in [-0.4, -0.2) is 39.3 Å². The van der Waals surface area contributed by atoms with Crippen molar-refractivity contribution in [1.29, 1.82) is 0 Å². The lowest BCUT2D eigenvalue weighted by molar-refractivity contribution is 0.196. The normalized spacial score (nSPS) is 16.7. The molecule has 1 saturated heterocycles. The van der Waals surface area contributed by atoms with E-state index in [4.69, 9.17) is 10.5 Å². The fraction of sp³-hybridized carbons (Fsp3) is 0.259. The number of benzene rings is 2. The van der Waals surface area contributed by atoms with E-state index in [1.54, 1.807) is 24.3 Å². The predicted molar refractivity (Wildman–Crippen MR) is 136 cm³/mol. The zero-order valence-corrected chi connectivity index (χ0v) is 19.9. The van der Waals surface area contributed by atoms with Crippen molar-refractivity contribution in [1.82, 2.24) is 19.7 Å². The maximum atomic E-state index is 14.0. The number of nitrogens with zero attached hydrogens (tertiary/aromatic N) is 3. The Kier molecular flexibility index (Phi) is 6.56. The minimum atomic E-state index is -0.781. The Bertz CT molecular complexity index is 1460. The molecule has 1 atom stereocenters. The molecule has 5 rings (SSSR count). The summed E-state index contributed by atoms with van der Waals surface area (Å²) >= 11 is 0. The van der Waals surface area contributed by atoms with Gasteiger partial charge in [0.25, 0.3) is 5.56 Å². The number of nitrogen functional groups attached to an aromatic ring is 1. The molecule has 0 radical (unpaired) electrons. The van der Waals surface area contributed by atoms with E-state index in [9.17, 15) is 13.6 Å². The quantitative estimate of drug-likeness (QED) is 0.359. The molecule has 1 fully saturated rings. The van der Waals surface area contributed by atoms with Crippen molar-refractivity contribution in [3.63, 3.8) is 0 Å². The van der Waals surface area contributed by atoms with Gasteiger partial charge < -0.3 is 15.0 Å². The molecule has 4 aromatic rings. The summed E-state index contributed by atoms with van der Waals surface area (Å²) in [5.41, 5.74) is 7.97. The minimum Gasteiger partial charge on any atom is -0.451 e. The van der Waals surface area contributed by atoms with Gasteiger partial charge in [-0.15, -0.1) is 0 Å². The summed E-state index contributed by atoms with van der Waals surface area (Å²) in [7, 11) is 0. The lowest BCUT2D eigenvalue weighted by atomic mass is 10.1. The third kappa shape index (κ3) is 4.49. The number of anilines is 1. The molecule has 0 spiro atoms. The Morgan fingerprint density at radius 2 is 1.94 bits per heavy atom. The summed E-state index contributed by atoms with van der Waals surface area (Å²) in [6.07, 6.45) is 8.09. The average Bonchev–Trinajstić information content (AvgIpc) is 3.30. The number of rotatable bonds is 6. The van der Waals surface area contributed by atoms with E-state index in [0.717, 1.165) is 55.7 Å². The molecule has 7 nitrogen and oxygen atoms in total. The van der Waals surface area contributed by atoms with Crippen molar-refractivity contribution in [2.24, 2.45) is 0 Å². The number of halogens is 2. The van der Waals surface area contributed by atoms with E-state index in [1.165, 1.54) is 6.07 Å². The lowest BCUT2D eigenvalue weighted by Gasteiger charge is -2.33. The Morgan fingerprint density at radius 3 is 2.67 bits per heavy atom. The van der Waals surface area contributed by atoms with Gasteiger partial charge in [0, 0.05) is 30.9 Å². The first-order valence-corrected chi connectivity index (χ1v) is 11.9. The number of aromatic nitrogens is 3. The average molecular weight is 492 g/mol. The number of allylic oxidation sites excluding steroid dienone is 1. The van der Waals surface area contributed by atoms with Crippen molar-refractivity contribution >= 4 is 16.7 Å². The van der Waals surface area contributed by atoms with Gasteiger partial charge in [0.1, 0.15) is 11.3 Å². The first kappa shape index (κ1) is 23.7. The summed E-state index contributed by atoms with van der Waals surface area (Å²) < 4.78 is 35.4. The van der Waals surface area contributed by atoms with Gasteiger partial charge in [-0.1, -0.05) is 30.4 Å². The van der Waals surface area contributed by atoms with Gasteiger partial charge in [-0.05, 0) is 56.1 Å². The Balaban J connectivity index is 1.52. The van der Waals surface area contributed by atoms with Crippen LogP contribution in [0.1, 0.15) is 25.8 Å². The van der Waals surface area contributed by atoms with Crippen LogP contribution in [0.4, 0.5) is 14.6 Å². The molecule has 0 saturated carbocycles. The van der Waals surface area contributed by atoms with E-state index >= 15 is 0 Å². The number of ether oxygens (including phenoxy) is 1. The molecule has 9 heteroatoms. The highest BCUT2D eigenvalue weighted by Crippen LogP contribution is 2.37. The Morgan fingerprint density at radius 1 is 1.19 bits per heavy atom. The molecule has 0 unspecified atom stereocenters. The van der Waals surface area contributed by atoms with E-state index in [1.807, 2.05) is 23.8 Å². The number of para-hydroxylation sites is 1. The summed E-state index contributed by atoms with van der Waals surface area (Å²) in [4.78, 5) is 15.3. The van der Waals surface area contributed by atoms with Gasteiger partial charge in [-0.2, -0.15) is 5.10 Å². The smallest absolute Gasteiger partial charge is 0.288 e. The maximum Gasteiger partial charge on any atom is 0.288 e. The molecule has 3 heterocycles. The van der Waals surface area contributed by atoms with E-state index in [-0.39, 0.29) is 23.2 Å². The number of hydrogen-bond donors (Lipinski definition) is 2. The van der Waals surface area contributed by atoms with Crippen LogP contribution in [-0.2, 0) is 0 Å². The summed E-state index contributed by atoms with van der Waals surface area (Å²) in [6, 6.07) is 10.5. The topological polar surface area (TPSA) is 89.2 Å². The van der Waals surface area contributed by atoms with Gasteiger partial charge in [-0.3, -0.25) is 9.69 Å². The molecule has 36 heavy (non-hydrogen) atoms. The fourth-order valence-electron chi connectivity index (χ4n) is 4.82. The standard InChI is InChI=1S/C27H27F2N5O2/c1-2-3-13-33-14-5-6-18(15-33)34-16-20(23-24(34)27(35)32-31-26(23)30)17-9-11-19(12-10-17)36-25-21(28)7-4-8-22(25)29/h2-4,7-12,16,18H,5-6,13-15H2,1H3,(H2,30,31)(H,32,35)/b3-2+/t18-/m1/s1. The Hall–Kier alpha value is -3.98. The molecule has 2 aromatic heterocycles. The third-order valence-corrected chi connectivity index (χ3v) is 6.56. The molecular weight excluding hydrogens is 464 g/mol. The number of fused-ring (bicyclic) bond motifs is 1. The number of likely N-dealkylation sites (tertiary alicyclic amines) is 1. The van der Waals surface area contributed by atoms with Crippen molar-refractivity contribution in [2.45, 2.75) is 25.8 Å². The fourth-order valence-corrected chi connectivity index (χ4v) is 4.82. The van der Waals surface area contributed by atoms with Gasteiger partial charge in [0.05, 0.1) is 5.39 Å². The van der Waals surface area contributed by atoms with Crippen LogP contribution in [0.5, 0.6) is 11.5 Å². The second kappa shape index (κ2) is 9.94. The van der Waals surface area contributed by atoms with Crippen LogP contribution in [0.3, 0.4) is 0 Å². The molecule has 1 aliphatic rings. The van der Waals surface area contributed by atoms with Crippen LogP contribution in [0.25, 0.3) is 22.0 Å². The maximum absolute atomic E-state index is 14.0. The molecule has 0 bridgehead atoms. The highest BCUT2D eigenvalue weighted by atomic mass is 19.1. The number of nitrogens with two attached hydrogens (primary N) is 1. The molecule has 2 aromatic carbocycles. The van der Waals surface area contributed by atoms with Crippen LogP contribution >= 0.6 is 0 Å². The summed E-state index contributed by atoms with van der Waals surface area (Å²) in [6.45, 7) is 4.70. The van der Waals surface area contributed by atoms with E-state index < -0.39 is 17.4 Å². The molecule has 3 N–H and O–H groups in total. The Labute approximate surface area is 206 Å².